The third-order valence-corrected chi connectivity index (χ3v) is 3.28. The van der Waals surface area contributed by atoms with Crippen molar-refractivity contribution in [2.24, 2.45) is 5.73 Å². The number of hydrogen-bond donors (Lipinski definition) is 1. The Balaban J connectivity index is 2.81. The van der Waals surface area contributed by atoms with Crippen LogP contribution in [0.25, 0.3) is 0 Å². The molecule has 7 heteroatoms. The molecule has 0 bridgehead atoms. The summed E-state index contributed by atoms with van der Waals surface area (Å²) in [6, 6.07) is 8.11. The highest BCUT2D eigenvalue weighted by atomic mass is 16.6. The number of carbonyl (C=O) groups excluding carboxylic acids is 3. The van der Waals surface area contributed by atoms with E-state index in [0.717, 1.165) is 5.56 Å². The molecule has 0 heterocycles. The molecule has 0 aliphatic rings. The van der Waals surface area contributed by atoms with Crippen LogP contribution < -0.4 is 5.73 Å². The van der Waals surface area contributed by atoms with E-state index >= 15 is 0 Å². The molecule has 0 aliphatic heterocycles. The second kappa shape index (κ2) is 9.91. The predicted octanol–water partition coefficient (Wildman–Crippen LogP) is 1.64. The molecule has 1 atom stereocenters. The van der Waals surface area contributed by atoms with Crippen LogP contribution >= 0.6 is 0 Å². The molecule has 144 valence electrons. The maximum Gasteiger partial charge on any atom is 0.325 e. The van der Waals surface area contributed by atoms with Crippen molar-refractivity contribution in [2.75, 3.05) is 13.2 Å². The van der Waals surface area contributed by atoms with E-state index in [0.29, 0.717) is 0 Å². The van der Waals surface area contributed by atoms with E-state index in [1.165, 1.54) is 4.90 Å². The molecule has 1 aromatic rings. The first-order valence-corrected chi connectivity index (χ1v) is 8.58. The number of rotatable bonds is 8. The average molecular weight is 364 g/mol. The third-order valence-electron chi connectivity index (χ3n) is 3.28. The minimum absolute atomic E-state index is 0.195. The Morgan fingerprint density at radius 3 is 2.27 bits per heavy atom. The average Bonchev–Trinajstić information content (AvgIpc) is 2.52. The van der Waals surface area contributed by atoms with Gasteiger partial charge < -0.3 is 20.1 Å². The van der Waals surface area contributed by atoms with Crippen LogP contribution in [0, 0.1) is 0 Å². The number of nitrogens with two attached hydrogens (primary N) is 1. The van der Waals surface area contributed by atoms with Gasteiger partial charge in [-0.25, -0.2) is 0 Å². The molecular weight excluding hydrogens is 336 g/mol. The van der Waals surface area contributed by atoms with Crippen molar-refractivity contribution < 1.29 is 23.9 Å². The van der Waals surface area contributed by atoms with Gasteiger partial charge in [-0.15, -0.1) is 0 Å². The van der Waals surface area contributed by atoms with E-state index in [1.807, 2.05) is 30.3 Å². The zero-order chi connectivity index (χ0) is 19.7. The molecule has 0 aliphatic carbocycles. The largest absolute Gasteiger partial charge is 0.465 e. The van der Waals surface area contributed by atoms with Gasteiger partial charge in [-0.2, -0.15) is 0 Å². The van der Waals surface area contributed by atoms with Crippen molar-refractivity contribution in [1.29, 1.82) is 0 Å². The highest BCUT2D eigenvalue weighted by Gasteiger charge is 2.27. The van der Waals surface area contributed by atoms with Crippen molar-refractivity contribution in [3.05, 3.63) is 35.9 Å². The molecule has 1 rings (SSSR count). The number of carbonyl (C=O) groups is 3. The van der Waals surface area contributed by atoms with Gasteiger partial charge in [0.1, 0.15) is 12.1 Å². The molecule has 0 radical (unpaired) electrons. The molecular formula is C19H28N2O5. The minimum Gasteiger partial charge on any atom is -0.465 e. The van der Waals surface area contributed by atoms with E-state index in [-0.39, 0.29) is 26.1 Å². The molecule has 26 heavy (non-hydrogen) atoms. The maximum absolute atomic E-state index is 12.7. The first kappa shape index (κ1) is 21.6. The van der Waals surface area contributed by atoms with Crippen LogP contribution in [0.5, 0.6) is 0 Å². The lowest BCUT2D eigenvalue weighted by atomic mass is 10.1. The SMILES string of the molecule is CCOC(=O)CN(Cc1ccccc1)C(=O)[C@@H](N)CC(=O)OC(C)(C)C. The van der Waals surface area contributed by atoms with Gasteiger partial charge in [-0.3, -0.25) is 14.4 Å². The molecule has 0 unspecified atom stereocenters. The monoisotopic (exact) mass is 364 g/mol. The lowest BCUT2D eigenvalue weighted by molar-refractivity contribution is -0.157. The molecule has 1 amide bonds. The molecule has 0 aromatic heterocycles. The first-order valence-electron chi connectivity index (χ1n) is 8.58. The lowest BCUT2D eigenvalue weighted by Crippen LogP contribution is -2.47. The van der Waals surface area contributed by atoms with Crippen LogP contribution in [-0.2, 0) is 30.4 Å². The Morgan fingerprint density at radius 1 is 1.12 bits per heavy atom. The molecule has 0 spiro atoms. The van der Waals surface area contributed by atoms with Crippen LogP contribution in [-0.4, -0.2) is 47.5 Å². The van der Waals surface area contributed by atoms with E-state index in [4.69, 9.17) is 15.2 Å². The fourth-order valence-electron chi connectivity index (χ4n) is 2.26. The summed E-state index contributed by atoms with van der Waals surface area (Å²) in [6.07, 6.45) is -0.260. The summed E-state index contributed by atoms with van der Waals surface area (Å²) < 4.78 is 10.1. The number of ether oxygens (including phenoxy) is 2. The van der Waals surface area contributed by atoms with E-state index < -0.39 is 29.5 Å². The van der Waals surface area contributed by atoms with Crippen molar-refractivity contribution in [3.8, 4) is 0 Å². The van der Waals surface area contributed by atoms with E-state index in [2.05, 4.69) is 0 Å². The van der Waals surface area contributed by atoms with Gasteiger partial charge in [0.05, 0.1) is 19.1 Å². The topological polar surface area (TPSA) is 98.9 Å². The lowest BCUT2D eigenvalue weighted by Gasteiger charge is -2.26. The quantitative estimate of drug-likeness (QED) is 0.704. The highest BCUT2D eigenvalue weighted by Crippen LogP contribution is 2.11. The highest BCUT2D eigenvalue weighted by molar-refractivity contribution is 5.89. The van der Waals surface area contributed by atoms with Crippen LogP contribution in [0.2, 0.25) is 0 Å². The Morgan fingerprint density at radius 2 is 1.73 bits per heavy atom. The van der Waals surface area contributed by atoms with E-state index in [1.54, 1.807) is 27.7 Å². The Kier molecular flexibility index (Phi) is 8.25. The van der Waals surface area contributed by atoms with Crippen LogP contribution in [0.15, 0.2) is 30.3 Å². The normalized spacial score (nSPS) is 12.2. The summed E-state index contributed by atoms with van der Waals surface area (Å²) in [5, 5.41) is 0. The molecule has 1 aromatic carbocycles. The van der Waals surface area contributed by atoms with Gasteiger partial charge in [-0.1, -0.05) is 30.3 Å². The molecule has 0 saturated heterocycles. The number of amides is 1. The third kappa shape index (κ3) is 8.11. The molecule has 7 nitrogen and oxygen atoms in total. The first-order chi connectivity index (χ1) is 12.1. The van der Waals surface area contributed by atoms with Gasteiger partial charge in [-0.05, 0) is 33.3 Å². The van der Waals surface area contributed by atoms with Gasteiger partial charge in [0.15, 0.2) is 0 Å². The summed E-state index contributed by atoms with van der Waals surface area (Å²) in [5.41, 5.74) is 6.08. The summed E-state index contributed by atoms with van der Waals surface area (Å²) >= 11 is 0. The number of hydrogen-bond acceptors (Lipinski definition) is 6. The smallest absolute Gasteiger partial charge is 0.325 e. The van der Waals surface area contributed by atoms with Gasteiger partial charge in [0.25, 0.3) is 0 Å². The van der Waals surface area contributed by atoms with Crippen LogP contribution in [0.4, 0.5) is 0 Å². The summed E-state index contributed by atoms with van der Waals surface area (Å²) in [5.74, 6) is -1.59. The summed E-state index contributed by atoms with van der Waals surface area (Å²) in [7, 11) is 0. The van der Waals surface area contributed by atoms with Gasteiger partial charge in [0.2, 0.25) is 5.91 Å². The number of benzene rings is 1. The standard InChI is InChI=1S/C19H28N2O5/c1-5-25-17(23)13-21(12-14-9-7-6-8-10-14)18(24)15(20)11-16(22)26-19(2,3)4/h6-10,15H,5,11-13,20H2,1-4H3/t15-/m0/s1. The Labute approximate surface area is 154 Å². The Hall–Kier alpha value is -2.41. The fourth-order valence-corrected chi connectivity index (χ4v) is 2.26. The molecule has 2 N–H and O–H groups in total. The molecule has 0 saturated carbocycles. The maximum atomic E-state index is 12.7. The molecule has 0 fully saturated rings. The number of esters is 2. The van der Waals surface area contributed by atoms with E-state index in [9.17, 15) is 14.4 Å². The summed E-state index contributed by atoms with van der Waals surface area (Å²) in [4.78, 5) is 37.7. The van der Waals surface area contributed by atoms with Gasteiger partial charge >= 0.3 is 11.9 Å². The Bertz CT molecular complexity index is 610. The second-order valence-electron chi connectivity index (χ2n) is 6.88. The fraction of sp³-hybridized carbons (Fsp3) is 0.526. The zero-order valence-corrected chi connectivity index (χ0v) is 15.9. The van der Waals surface area contributed by atoms with Gasteiger partial charge in [0, 0.05) is 6.54 Å². The van der Waals surface area contributed by atoms with Crippen molar-refractivity contribution in [2.45, 2.75) is 52.3 Å². The van der Waals surface area contributed by atoms with Crippen molar-refractivity contribution in [1.82, 2.24) is 4.90 Å². The second-order valence-corrected chi connectivity index (χ2v) is 6.88. The van der Waals surface area contributed by atoms with Crippen molar-refractivity contribution >= 4 is 17.8 Å². The zero-order valence-electron chi connectivity index (χ0n) is 15.9. The summed E-state index contributed by atoms with van der Waals surface area (Å²) in [6.45, 7) is 7.08. The predicted molar refractivity (Wildman–Crippen MR) is 96.9 cm³/mol. The minimum atomic E-state index is -1.09. The van der Waals surface area contributed by atoms with Crippen LogP contribution in [0.1, 0.15) is 39.7 Å². The van der Waals surface area contributed by atoms with Crippen LogP contribution in [0.3, 0.4) is 0 Å². The van der Waals surface area contributed by atoms with Crippen molar-refractivity contribution in [3.63, 3.8) is 0 Å². The number of nitrogens with zero attached hydrogens (tertiary/aromatic N) is 1.